The molecule has 4 aromatic carbocycles. The summed E-state index contributed by atoms with van der Waals surface area (Å²) in [5.41, 5.74) is 2.74. The standard InChI is InChI=1S/C30H30N2O3/c1-2-34-29-15-13-25(30(33)32-18-16-31(17-19-32)27-10-4-3-5-11-27)20-26(29)22-35-28-14-12-23-8-6-7-9-24(23)21-28/h3-15,20-21H,2,16-19,22H2,1H3. The summed E-state index contributed by atoms with van der Waals surface area (Å²) in [5.74, 6) is 1.59. The van der Waals surface area contributed by atoms with Crippen molar-refractivity contribution in [1.82, 2.24) is 4.90 Å². The van der Waals surface area contributed by atoms with E-state index in [1.54, 1.807) is 0 Å². The summed E-state index contributed by atoms with van der Waals surface area (Å²) in [6, 6.07) is 30.3. The highest BCUT2D eigenvalue weighted by Gasteiger charge is 2.23. The molecule has 0 bridgehead atoms. The van der Waals surface area contributed by atoms with E-state index in [1.807, 2.05) is 72.5 Å². The average molecular weight is 467 g/mol. The summed E-state index contributed by atoms with van der Waals surface area (Å²) in [6.07, 6.45) is 0. The molecule has 5 rings (SSSR count). The first kappa shape index (κ1) is 22.8. The topological polar surface area (TPSA) is 42.0 Å². The largest absolute Gasteiger partial charge is 0.493 e. The molecule has 0 aromatic heterocycles. The molecule has 1 aliphatic heterocycles. The summed E-state index contributed by atoms with van der Waals surface area (Å²) >= 11 is 0. The van der Waals surface area contributed by atoms with E-state index in [0.717, 1.165) is 35.5 Å². The Hall–Kier alpha value is -3.99. The molecule has 1 heterocycles. The van der Waals surface area contributed by atoms with Crippen LogP contribution in [-0.2, 0) is 6.61 Å². The Labute approximate surface area is 206 Å². The van der Waals surface area contributed by atoms with Crippen LogP contribution in [0.5, 0.6) is 11.5 Å². The van der Waals surface area contributed by atoms with Crippen molar-refractivity contribution in [1.29, 1.82) is 0 Å². The van der Waals surface area contributed by atoms with Crippen LogP contribution in [0.2, 0.25) is 0 Å². The minimum Gasteiger partial charge on any atom is -0.493 e. The number of anilines is 1. The van der Waals surface area contributed by atoms with Gasteiger partial charge >= 0.3 is 0 Å². The first-order valence-electron chi connectivity index (χ1n) is 12.2. The van der Waals surface area contributed by atoms with Gasteiger partial charge in [-0.3, -0.25) is 4.79 Å². The maximum absolute atomic E-state index is 13.3. The SMILES string of the molecule is CCOc1ccc(C(=O)N2CCN(c3ccccc3)CC2)cc1COc1ccc2ccccc2c1. The Morgan fingerprint density at radius 3 is 2.29 bits per heavy atom. The fraction of sp³-hybridized carbons (Fsp3) is 0.233. The second-order valence-electron chi connectivity index (χ2n) is 8.67. The molecular formula is C30H30N2O3. The van der Waals surface area contributed by atoms with Crippen LogP contribution in [0.1, 0.15) is 22.8 Å². The molecular weight excluding hydrogens is 436 g/mol. The van der Waals surface area contributed by atoms with Crippen molar-refractivity contribution < 1.29 is 14.3 Å². The van der Waals surface area contributed by atoms with E-state index >= 15 is 0 Å². The normalized spacial score (nSPS) is 13.6. The minimum absolute atomic E-state index is 0.0488. The second kappa shape index (κ2) is 10.5. The molecule has 0 radical (unpaired) electrons. The third kappa shape index (κ3) is 5.24. The lowest BCUT2D eigenvalue weighted by Gasteiger charge is -2.36. The summed E-state index contributed by atoms with van der Waals surface area (Å²) in [6.45, 7) is 5.89. The monoisotopic (exact) mass is 466 g/mol. The zero-order valence-electron chi connectivity index (χ0n) is 20.0. The van der Waals surface area contributed by atoms with Gasteiger partial charge in [0.1, 0.15) is 18.1 Å². The molecule has 0 saturated carbocycles. The molecule has 0 aliphatic carbocycles. The molecule has 0 spiro atoms. The number of benzene rings is 4. The van der Waals surface area contributed by atoms with Gasteiger partial charge in [-0.25, -0.2) is 0 Å². The highest BCUT2D eigenvalue weighted by Crippen LogP contribution is 2.26. The predicted octanol–water partition coefficient (Wildman–Crippen LogP) is 5.78. The quantitative estimate of drug-likeness (QED) is 0.346. The Morgan fingerprint density at radius 2 is 1.51 bits per heavy atom. The molecule has 1 aliphatic rings. The highest BCUT2D eigenvalue weighted by molar-refractivity contribution is 5.94. The van der Waals surface area contributed by atoms with E-state index in [1.165, 1.54) is 11.1 Å². The third-order valence-electron chi connectivity index (χ3n) is 6.41. The van der Waals surface area contributed by atoms with Crippen LogP contribution < -0.4 is 14.4 Å². The summed E-state index contributed by atoms with van der Waals surface area (Å²) in [7, 11) is 0. The van der Waals surface area contributed by atoms with Crippen molar-refractivity contribution in [2.24, 2.45) is 0 Å². The first-order valence-corrected chi connectivity index (χ1v) is 12.2. The van der Waals surface area contributed by atoms with E-state index in [-0.39, 0.29) is 5.91 Å². The smallest absolute Gasteiger partial charge is 0.253 e. The molecule has 178 valence electrons. The maximum Gasteiger partial charge on any atom is 0.253 e. The van der Waals surface area contributed by atoms with Gasteiger partial charge in [0.15, 0.2) is 0 Å². The Bertz CT molecular complexity index is 1300. The molecule has 0 unspecified atom stereocenters. The van der Waals surface area contributed by atoms with Crippen molar-refractivity contribution in [3.63, 3.8) is 0 Å². The van der Waals surface area contributed by atoms with Crippen LogP contribution in [-0.4, -0.2) is 43.6 Å². The molecule has 1 saturated heterocycles. The average Bonchev–Trinajstić information content (AvgIpc) is 2.92. The van der Waals surface area contributed by atoms with Gasteiger partial charge in [0.2, 0.25) is 0 Å². The third-order valence-corrected chi connectivity index (χ3v) is 6.41. The van der Waals surface area contributed by atoms with E-state index in [2.05, 4.69) is 35.2 Å². The zero-order chi connectivity index (χ0) is 24.0. The first-order chi connectivity index (χ1) is 17.2. The number of hydrogen-bond acceptors (Lipinski definition) is 4. The van der Waals surface area contributed by atoms with Crippen molar-refractivity contribution in [2.45, 2.75) is 13.5 Å². The zero-order valence-corrected chi connectivity index (χ0v) is 20.0. The van der Waals surface area contributed by atoms with E-state index < -0.39 is 0 Å². The van der Waals surface area contributed by atoms with Crippen LogP contribution in [0.25, 0.3) is 10.8 Å². The lowest BCUT2D eigenvalue weighted by atomic mass is 10.1. The molecule has 0 atom stereocenters. The van der Waals surface area contributed by atoms with E-state index in [4.69, 9.17) is 9.47 Å². The van der Waals surface area contributed by atoms with Crippen LogP contribution in [0.15, 0.2) is 91.0 Å². The molecule has 5 heteroatoms. The Kier molecular flexibility index (Phi) is 6.85. The predicted molar refractivity (Wildman–Crippen MR) is 140 cm³/mol. The number of ether oxygens (including phenoxy) is 2. The molecule has 35 heavy (non-hydrogen) atoms. The van der Waals surface area contributed by atoms with Crippen LogP contribution in [0.4, 0.5) is 5.69 Å². The van der Waals surface area contributed by atoms with Gasteiger partial charge in [-0.2, -0.15) is 0 Å². The number of rotatable bonds is 7. The second-order valence-corrected chi connectivity index (χ2v) is 8.67. The van der Waals surface area contributed by atoms with Crippen molar-refractivity contribution >= 4 is 22.4 Å². The molecule has 1 fully saturated rings. The summed E-state index contributed by atoms with van der Waals surface area (Å²) in [5, 5.41) is 2.31. The fourth-order valence-electron chi connectivity index (χ4n) is 4.53. The number of amides is 1. The van der Waals surface area contributed by atoms with Crippen LogP contribution in [0.3, 0.4) is 0 Å². The molecule has 1 amide bonds. The number of nitrogens with zero attached hydrogens (tertiary/aromatic N) is 2. The maximum atomic E-state index is 13.3. The van der Waals surface area contributed by atoms with Crippen molar-refractivity contribution in [3.05, 3.63) is 102 Å². The van der Waals surface area contributed by atoms with Gasteiger partial charge < -0.3 is 19.3 Å². The highest BCUT2D eigenvalue weighted by atomic mass is 16.5. The van der Waals surface area contributed by atoms with Gasteiger partial charge in [0.25, 0.3) is 5.91 Å². The van der Waals surface area contributed by atoms with Gasteiger partial charge in [-0.1, -0.05) is 48.5 Å². The number of hydrogen-bond donors (Lipinski definition) is 0. The van der Waals surface area contributed by atoms with Crippen LogP contribution >= 0.6 is 0 Å². The van der Waals surface area contributed by atoms with Crippen LogP contribution in [0, 0.1) is 0 Å². The molecule has 0 N–H and O–H groups in total. The fourth-order valence-corrected chi connectivity index (χ4v) is 4.53. The lowest BCUT2D eigenvalue weighted by Crippen LogP contribution is -2.48. The van der Waals surface area contributed by atoms with Gasteiger partial charge in [0, 0.05) is 43.0 Å². The van der Waals surface area contributed by atoms with Crippen molar-refractivity contribution in [3.8, 4) is 11.5 Å². The number of fused-ring (bicyclic) bond motifs is 1. The lowest BCUT2D eigenvalue weighted by molar-refractivity contribution is 0.0746. The minimum atomic E-state index is 0.0488. The summed E-state index contributed by atoms with van der Waals surface area (Å²) in [4.78, 5) is 17.6. The summed E-state index contributed by atoms with van der Waals surface area (Å²) < 4.78 is 11.9. The Balaban J connectivity index is 1.28. The number of para-hydroxylation sites is 1. The van der Waals surface area contributed by atoms with E-state index in [0.29, 0.717) is 31.9 Å². The number of piperazine rings is 1. The van der Waals surface area contributed by atoms with E-state index in [9.17, 15) is 4.79 Å². The number of carbonyl (C=O) groups excluding carboxylic acids is 1. The van der Waals surface area contributed by atoms with Gasteiger partial charge in [-0.15, -0.1) is 0 Å². The van der Waals surface area contributed by atoms with Gasteiger partial charge in [-0.05, 0) is 60.2 Å². The molecule has 4 aromatic rings. The van der Waals surface area contributed by atoms with Gasteiger partial charge in [0.05, 0.1) is 6.61 Å². The molecule has 5 nitrogen and oxygen atoms in total. The number of carbonyl (C=O) groups is 1. The van der Waals surface area contributed by atoms with Crippen molar-refractivity contribution in [2.75, 3.05) is 37.7 Å². The Morgan fingerprint density at radius 1 is 0.771 bits per heavy atom.